The van der Waals surface area contributed by atoms with Crippen LogP contribution >= 0.6 is 0 Å². The molecule has 2 aliphatic heterocycles. The Balaban J connectivity index is 1.55. The smallest absolute Gasteiger partial charge is 0.317 e. The number of carbonyl (C=O) groups is 1. The van der Waals surface area contributed by atoms with Crippen molar-refractivity contribution in [3.8, 4) is 11.3 Å². The molecule has 0 bridgehead atoms. The zero-order chi connectivity index (χ0) is 22.8. The van der Waals surface area contributed by atoms with Crippen LogP contribution < -0.4 is 16.0 Å². The number of nitrogens with one attached hydrogen (secondary N) is 1. The molecule has 3 N–H and O–H groups in total. The number of ether oxygens (including phenoxy) is 2. The normalized spacial score (nSPS) is 16.2. The van der Waals surface area contributed by atoms with E-state index in [-0.39, 0.29) is 12.0 Å². The average Bonchev–Trinajstić information content (AvgIpc) is 3.22. The Kier molecular flexibility index (Phi) is 5.92. The number of rotatable bonds is 5. The van der Waals surface area contributed by atoms with Crippen molar-refractivity contribution >= 4 is 23.4 Å². The van der Waals surface area contributed by atoms with E-state index in [0.717, 1.165) is 41.5 Å². The SMILES string of the molecule is COCCNC(=O)N1CCc2nc3c(N4CCOCC4)nc(-c4cnc(N)nc4)cn3c2C1. The Bertz CT molecular complexity index is 1140. The molecule has 1 fully saturated rings. The number of methoxy groups -OCH3 is 1. The van der Waals surface area contributed by atoms with E-state index in [1.807, 2.05) is 10.6 Å². The molecule has 3 aromatic heterocycles. The van der Waals surface area contributed by atoms with Gasteiger partial charge < -0.3 is 30.3 Å². The molecule has 5 rings (SSSR count). The maximum Gasteiger partial charge on any atom is 0.317 e. The van der Waals surface area contributed by atoms with Crippen LogP contribution in [0.5, 0.6) is 0 Å². The highest BCUT2D eigenvalue weighted by Gasteiger charge is 2.28. The molecule has 0 saturated carbocycles. The van der Waals surface area contributed by atoms with Crippen LogP contribution in [-0.4, -0.2) is 88.4 Å². The maximum atomic E-state index is 12.6. The van der Waals surface area contributed by atoms with Crippen LogP contribution in [0.2, 0.25) is 0 Å². The van der Waals surface area contributed by atoms with Gasteiger partial charge in [0.05, 0.1) is 43.4 Å². The minimum absolute atomic E-state index is 0.109. The number of hydrogen-bond acceptors (Lipinski definition) is 9. The predicted molar refractivity (Wildman–Crippen MR) is 121 cm³/mol. The number of fused-ring (bicyclic) bond motifs is 3. The summed E-state index contributed by atoms with van der Waals surface area (Å²) in [5, 5.41) is 2.90. The molecular formula is C21H27N9O3. The molecule has 2 aliphatic rings. The Hall–Kier alpha value is -3.51. The fraction of sp³-hybridized carbons (Fsp3) is 0.476. The van der Waals surface area contributed by atoms with Gasteiger partial charge in [0.1, 0.15) is 0 Å². The first-order valence-corrected chi connectivity index (χ1v) is 11.0. The summed E-state index contributed by atoms with van der Waals surface area (Å²) < 4.78 is 12.6. The summed E-state index contributed by atoms with van der Waals surface area (Å²) in [5.74, 6) is 1.00. The molecule has 12 nitrogen and oxygen atoms in total. The van der Waals surface area contributed by atoms with Gasteiger partial charge in [0.2, 0.25) is 5.95 Å². The van der Waals surface area contributed by atoms with Crippen molar-refractivity contribution < 1.29 is 14.3 Å². The largest absolute Gasteiger partial charge is 0.383 e. The molecule has 3 aromatic rings. The molecule has 5 heterocycles. The van der Waals surface area contributed by atoms with E-state index in [1.54, 1.807) is 24.4 Å². The zero-order valence-corrected chi connectivity index (χ0v) is 18.5. The topological polar surface area (TPSA) is 136 Å². The number of nitrogens with two attached hydrogens (primary N) is 1. The van der Waals surface area contributed by atoms with E-state index < -0.39 is 0 Å². The van der Waals surface area contributed by atoms with Gasteiger partial charge in [-0.1, -0.05) is 0 Å². The molecule has 33 heavy (non-hydrogen) atoms. The molecule has 2 amide bonds. The highest BCUT2D eigenvalue weighted by atomic mass is 16.5. The van der Waals surface area contributed by atoms with Crippen LogP contribution in [0.15, 0.2) is 18.6 Å². The molecule has 0 atom stereocenters. The number of hydrogen-bond donors (Lipinski definition) is 2. The predicted octanol–water partition coefficient (Wildman–Crippen LogP) is 0.319. The number of nitrogen functional groups attached to an aromatic ring is 1. The van der Waals surface area contributed by atoms with Gasteiger partial charge in [-0.05, 0) is 0 Å². The molecule has 0 unspecified atom stereocenters. The molecule has 0 aliphatic carbocycles. The highest BCUT2D eigenvalue weighted by molar-refractivity contribution is 5.75. The zero-order valence-electron chi connectivity index (χ0n) is 18.5. The molecular weight excluding hydrogens is 426 g/mol. The molecule has 12 heteroatoms. The number of urea groups is 1. The number of anilines is 2. The van der Waals surface area contributed by atoms with Crippen LogP contribution in [0, 0.1) is 0 Å². The fourth-order valence-corrected chi connectivity index (χ4v) is 4.14. The van der Waals surface area contributed by atoms with Gasteiger partial charge in [0.25, 0.3) is 0 Å². The van der Waals surface area contributed by atoms with E-state index in [1.165, 1.54) is 0 Å². The first-order valence-electron chi connectivity index (χ1n) is 11.0. The first kappa shape index (κ1) is 21.3. The van der Waals surface area contributed by atoms with Crippen LogP contribution in [0.4, 0.5) is 16.6 Å². The molecule has 1 saturated heterocycles. The Morgan fingerprint density at radius 1 is 1.21 bits per heavy atom. The van der Waals surface area contributed by atoms with E-state index >= 15 is 0 Å². The Morgan fingerprint density at radius 3 is 2.76 bits per heavy atom. The van der Waals surface area contributed by atoms with E-state index in [4.69, 9.17) is 25.2 Å². The fourth-order valence-electron chi connectivity index (χ4n) is 4.14. The molecule has 0 spiro atoms. The van der Waals surface area contributed by atoms with E-state index in [2.05, 4.69) is 20.2 Å². The van der Waals surface area contributed by atoms with E-state index in [9.17, 15) is 4.79 Å². The number of imidazole rings is 1. The van der Waals surface area contributed by atoms with Gasteiger partial charge in [-0.25, -0.2) is 24.7 Å². The minimum Gasteiger partial charge on any atom is -0.383 e. The Labute approximate surface area is 190 Å². The number of carbonyl (C=O) groups excluding carboxylic acids is 1. The van der Waals surface area contributed by atoms with E-state index in [0.29, 0.717) is 51.6 Å². The van der Waals surface area contributed by atoms with Crippen molar-refractivity contribution in [1.29, 1.82) is 0 Å². The summed E-state index contributed by atoms with van der Waals surface area (Å²) in [7, 11) is 1.61. The number of amides is 2. The second-order valence-electron chi connectivity index (χ2n) is 7.97. The third-order valence-corrected chi connectivity index (χ3v) is 5.88. The summed E-state index contributed by atoms with van der Waals surface area (Å²) in [6.07, 6.45) is 5.95. The second kappa shape index (κ2) is 9.16. The van der Waals surface area contributed by atoms with Crippen LogP contribution in [0.1, 0.15) is 11.4 Å². The quantitative estimate of drug-likeness (QED) is 0.523. The maximum absolute atomic E-state index is 12.6. The van der Waals surface area contributed by atoms with Gasteiger partial charge in [-0.2, -0.15) is 0 Å². The van der Waals surface area contributed by atoms with Gasteiger partial charge in [-0.15, -0.1) is 0 Å². The third-order valence-electron chi connectivity index (χ3n) is 5.88. The minimum atomic E-state index is -0.109. The first-order chi connectivity index (χ1) is 16.1. The van der Waals surface area contributed by atoms with Crippen molar-refractivity contribution in [3.05, 3.63) is 30.0 Å². The molecule has 0 radical (unpaired) electrons. The lowest BCUT2D eigenvalue weighted by Gasteiger charge is -2.28. The van der Waals surface area contributed by atoms with Crippen molar-refractivity contribution in [2.75, 3.05) is 63.7 Å². The summed E-state index contributed by atoms with van der Waals surface area (Å²) >= 11 is 0. The van der Waals surface area contributed by atoms with Crippen molar-refractivity contribution in [3.63, 3.8) is 0 Å². The lowest BCUT2D eigenvalue weighted by Crippen LogP contribution is -2.43. The highest BCUT2D eigenvalue weighted by Crippen LogP contribution is 2.29. The second-order valence-corrected chi connectivity index (χ2v) is 7.97. The van der Waals surface area contributed by atoms with Gasteiger partial charge in [-0.3, -0.25) is 4.40 Å². The van der Waals surface area contributed by atoms with Gasteiger partial charge in [0.15, 0.2) is 11.5 Å². The summed E-state index contributed by atoms with van der Waals surface area (Å²) in [4.78, 5) is 34.7. The Morgan fingerprint density at radius 2 is 2.00 bits per heavy atom. The summed E-state index contributed by atoms with van der Waals surface area (Å²) in [6.45, 7) is 4.75. The van der Waals surface area contributed by atoms with Crippen molar-refractivity contribution in [2.24, 2.45) is 0 Å². The van der Waals surface area contributed by atoms with Crippen LogP contribution in [0.3, 0.4) is 0 Å². The lowest BCUT2D eigenvalue weighted by atomic mass is 10.1. The summed E-state index contributed by atoms with van der Waals surface area (Å²) in [6, 6.07) is -0.109. The average molecular weight is 454 g/mol. The van der Waals surface area contributed by atoms with Gasteiger partial charge >= 0.3 is 6.03 Å². The number of morpholine rings is 1. The van der Waals surface area contributed by atoms with Gasteiger partial charge in [0, 0.05) is 63.9 Å². The number of nitrogens with zero attached hydrogens (tertiary/aromatic N) is 7. The van der Waals surface area contributed by atoms with Crippen LogP contribution in [-0.2, 0) is 22.4 Å². The van der Waals surface area contributed by atoms with Crippen molar-refractivity contribution in [2.45, 2.75) is 13.0 Å². The molecule has 174 valence electrons. The standard InChI is InChI=1S/C21H27N9O3/c1-32-7-3-23-21(31)29-4-2-15-17(13-29)30-12-16(14-10-24-20(22)25-11-14)27-18(19(30)26-15)28-5-8-33-9-6-28/h10-12H,2-9,13H2,1H3,(H,23,31)(H2,22,24,25). The lowest BCUT2D eigenvalue weighted by molar-refractivity contribution is 0.122. The number of aromatic nitrogens is 5. The molecule has 0 aromatic carbocycles. The van der Waals surface area contributed by atoms with Crippen molar-refractivity contribution in [1.82, 2.24) is 34.6 Å². The van der Waals surface area contributed by atoms with Crippen LogP contribution in [0.25, 0.3) is 16.9 Å². The summed E-state index contributed by atoms with van der Waals surface area (Å²) in [5.41, 5.74) is 9.89. The monoisotopic (exact) mass is 453 g/mol. The third kappa shape index (κ3) is 4.26.